The first-order valence-electron chi connectivity index (χ1n) is 3.85. The molecule has 5 heteroatoms. The molecule has 70 valence electrons. The summed E-state index contributed by atoms with van der Waals surface area (Å²) >= 11 is 0. The Bertz CT molecular complexity index is 427. The second kappa shape index (κ2) is 2.71. The molecule has 4 nitrogen and oxygen atoms in total. The van der Waals surface area contributed by atoms with Gasteiger partial charge in [0.25, 0.3) is 0 Å². The zero-order chi connectivity index (χ0) is 9.47. The molecule has 1 aliphatic rings. The van der Waals surface area contributed by atoms with Crippen LogP contribution >= 0.6 is 0 Å². The van der Waals surface area contributed by atoms with Crippen LogP contribution in [-0.4, -0.2) is 14.2 Å². The second-order valence-corrected chi connectivity index (χ2v) is 4.57. The average Bonchev–Trinajstić information content (AvgIpc) is 2.02. The lowest BCUT2D eigenvalue weighted by molar-refractivity contribution is 0.461. The van der Waals surface area contributed by atoms with Crippen LogP contribution in [0.2, 0.25) is 0 Å². The molecule has 1 aromatic rings. The summed E-state index contributed by atoms with van der Waals surface area (Å²) in [5.74, 6) is 0.200. The first-order valence-corrected chi connectivity index (χ1v) is 5.43. The van der Waals surface area contributed by atoms with Gasteiger partial charge in [-0.15, -0.1) is 0 Å². The smallest absolute Gasteiger partial charge is 0.311 e. The van der Waals surface area contributed by atoms with Crippen LogP contribution in [0.15, 0.2) is 24.3 Å². The van der Waals surface area contributed by atoms with E-state index in [0.29, 0.717) is 5.75 Å². The van der Waals surface area contributed by atoms with E-state index in [0.717, 1.165) is 5.56 Å². The molecule has 13 heavy (non-hydrogen) atoms. The maximum Gasteiger partial charge on any atom is 0.311 e. The van der Waals surface area contributed by atoms with E-state index >= 15 is 0 Å². The van der Waals surface area contributed by atoms with Crippen molar-refractivity contribution < 1.29 is 12.6 Å². The SMILES string of the molecule is NC1CS(=O)(=O)Oc2ccccc21. The molecule has 1 unspecified atom stereocenters. The molecule has 2 N–H and O–H groups in total. The Balaban J connectivity index is 2.55. The minimum absolute atomic E-state index is 0.149. The maximum absolute atomic E-state index is 11.1. The van der Waals surface area contributed by atoms with Gasteiger partial charge in [0.1, 0.15) is 11.5 Å². The largest absolute Gasteiger partial charge is 0.382 e. The zero-order valence-electron chi connectivity index (χ0n) is 6.80. The van der Waals surface area contributed by atoms with Gasteiger partial charge in [-0.2, -0.15) is 8.42 Å². The zero-order valence-corrected chi connectivity index (χ0v) is 7.62. The third kappa shape index (κ3) is 1.52. The quantitative estimate of drug-likeness (QED) is 0.614. The van der Waals surface area contributed by atoms with Gasteiger partial charge in [0.2, 0.25) is 0 Å². The maximum atomic E-state index is 11.1. The highest BCUT2D eigenvalue weighted by molar-refractivity contribution is 7.87. The summed E-state index contributed by atoms with van der Waals surface area (Å²) < 4.78 is 27.0. The minimum atomic E-state index is -3.47. The Kier molecular flexibility index (Phi) is 1.78. The van der Waals surface area contributed by atoms with Crippen molar-refractivity contribution in [3.05, 3.63) is 29.8 Å². The summed E-state index contributed by atoms with van der Waals surface area (Å²) in [4.78, 5) is 0. The lowest BCUT2D eigenvalue weighted by atomic mass is 10.1. The molecule has 1 heterocycles. The van der Waals surface area contributed by atoms with Crippen molar-refractivity contribution in [1.82, 2.24) is 0 Å². The average molecular weight is 199 g/mol. The Morgan fingerprint density at radius 3 is 2.85 bits per heavy atom. The molecule has 0 radical (unpaired) electrons. The Morgan fingerprint density at radius 2 is 2.08 bits per heavy atom. The first-order chi connectivity index (χ1) is 6.08. The molecule has 1 aromatic carbocycles. The van der Waals surface area contributed by atoms with Crippen LogP contribution in [0.5, 0.6) is 5.75 Å². The minimum Gasteiger partial charge on any atom is -0.382 e. The number of rotatable bonds is 0. The summed E-state index contributed by atoms with van der Waals surface area (Å²) in [5.41, 5.74) is 6.41. The summed E-state index contributed by atoms with van der Waals surface area (Å²) in [6.45, 7) is 0. The Labute approximate surface area is 76.4 Å². The number of fused-ring (bicyclic) bond motifs is 1. The van der Waals surface area contributed by atoms with Crippen molar-refractivity contribution in [3.8, 4) is 5.75 Å². The molecule has 0 saturated carbocycles. The fourth-order valence-corrected chi connectivity index (χ4v) is 2.46. The van der Waals surface area contributed by atoms with E-state index in [1.54, 1.807) is 24.3 Å². The number of hydrogen-bond donors (Lipinski definition) is 1. The molecule has 0 aliphatic carbocycles. The van der Waals surface area contributed by atoms with Gasteiger partial charge in [-0.05, 0) is 6.07 Å². The van der Waals surface area contributed by atoms with Gasteiger partial charge >= 0.3 is 10.1 Å². The van der Waals surface area contributed by atoms with E-state index in [9.17, 15) is 8.42 Å². The Morgan fingerprint density at radius 1 is 1.38 bits per heavy atom. The molecule has 0 saturated heterocycles. The topological polar surface area (TPSA) is 69.4 Å². The van der Waals surface area contributed by atoms with Gasteiger partial charge in [0, 0.05) is 5.56 Å². The molecule has 2 rings (SSSR count). The highest BCUT2D eigenvalue weighted by Crippen LogP contribution is 2.30. The van der Waals surface area contributed by atoms with Gasteiger partial charge in [-0.1, -0.05) is 18.2 Å². The van der Waals surface area contributed by atoms with E-state index in [1.807, 2.05) is 0 Å². The standard InChI is InChI=1S/C8H9NO3S/c9-7-5-13(10,11)12-8-4-2-1-3-6(7)8/h1-4,7H,5,9H2. The molecule has 0 spiro atoms. The summed E-state index contributed by atoms with van der Waals surface area (Å²) in [6, 6.07) is 6.42. The molecule has 0 aromatic heterocycles. The fraction of sp³-hybridized carbons (Fsp3) is 0.250. The van der Waals surface area contributed by atoms with Crippen LogP contribution in [0.1, 0.15) is 11.6 Å². The third-order valence-corrected chi connectivity index (χ3v) is 3.12. The van der Waals surface area contributed by atoms with E-state index < -0.39 is 16.2 Å². The number of para-hydroxylation sites is 1. The molecule has 0 amide bonds. The van der Waals surface area contributed by atoms with Gasteiger partial charge in [-0.25, -0.2) is 0 Å². The van der Waals surface area contributed by atoms with Crippen LogP contribution in [0, 0.1) is 0 Å². The second-order valence-electron chi connectivity index (χ2n) is 2.95. The van der Waals surface area contributed by atoms with Crippen LogP contribution in [-0.2, 0) is 10.1 Å². The first kappa shape index (κ1) is 8.52. The summed E-state index contributed by atoms with van der Waals surface area (Å²) in [7, 11) is -3.47. The number of hydrogen-bond acceptors (Lipinski definition) is 4. The Hall–Kier alpha value is -1.07. The monoisotopic (exact) mass is 199 g/mol. The van der Waals surface area contributed by atoms with Crippen molar-refractivity contribution in [2.45, 2.75) is 6.04 Å². The van der Waals surface area contributed by atoms with E-state index in [-0.39, 0.29) is 5.75 Å². The molecule has 0 bridgehead atoms. The van der Waals surface area contributed by atoms with Gasteiger partial charge in [-0.3, -0.25) is 0 Å². The predicted octanol–water partition coefficient (Wildman–Crippen LogP) is 0.409. The highest BCUT2D eigenvalue weighted by atomic mass is 32.2. The number of nitrogens with two attached hydrogens (primary N) is 1. The van der Waals surface area contributed by atoms with E-state index in [1.165, 1.54) is 0 Å². The molecular formula is C8H9NO3S. The van der Waals surface area contributed by atoms with Gasteiger partial charge in [0.15, 0.2) is 0 Å². The van der Waals surface area contributed by atoms with Gasteiger partial charge in [0.05, 0.1) is 6.04 Å². The molecule has 0 fully saturated rings. The van der Waals surface area contributed by atoms with Crippen molar-refractivity contribution in [1.29, 1.82) is 0 Å². The van der Waals surface area contributed by atoms with Crippen LogP contribution < -0.4 is 9.92 Å². The summed E-state index contributed by atoms with van der Waals surface area (Å²) in [5, 5.41) is 0. The fourth-order valence-electron chi connectivity index (χ4n) is 1.34. The van der Waals surface area contributed by atoms with Crippen LogP contribution in [0.4, 0.5) is 0 Å². The van der Waals surface area contributed by atoms with Crippen LogP contribution in [0.25, 0.3) is 0 Å². The molecule has 1 aliphatic heterocycles. The predicted molar refractivity (Wildman–Crippen MR) is 47.8 cm³/mol. The van der Waals surface area contributed by atoms with Crippen LogP contribution in [0.3, 0.4) is 0 Å². The number of benzene rings is 1. The third-order valence-electron chi connectivity index (χ3n) is 1.92. The van der Waals surface area contributed by atoms with Crippen molar-refractivity contribution >= 4 is 10.1 Å². The van der Waals surface area contributed by atoms with Gasteiger partial charge < -0.3 is 9.92 Å². The van der Waals surface area contributed by atoms with E-state index in [2.05, 4.69) is 0 Å². The normalized spacial score (nSPS) is 24.5. The van der Waals surface area contributed by atoms with Crippen molar-refractivity contribution in [2.75, 3.05) is 5.75 Å². The van der Waals surface area contributed by atoms with Crippen molar-refractivity contribution in [2.24, 2.45) is 5.73 Å². The molecular weight excluding hydrogens is 190 g/mol. The van der Waals surface area contributed by atoms with Crippen molar-refractivity contribution in [3.63, 3.8) is 0 Å². The van der Waals surface area contributed by atoms with E-state index in [4.69, 9.17) is 9.92 Å². The molecule has 1 atom stereocenters. The highest BCUT2D eigenvalue weighted by Gasteiger charge is 2.28. The lowest BCUT2D eigenvalue weighted by Gasteiger charge is -2.21. The summed E-state index contributed by atoms with van der Waals surface area (Å²) in [6.07, 6.45) is 0. The lowest BCUT2D eigenvalue weighted by Crippen LogP contribution is -2.30.